The van der Waals surface area contributed by atoms with Gasteiger partial charge in [0.15, 0.2) is 0 Å². The van der Waals surface area contributed by atoms with Crippen molar-refractivity contribution < 1.29 is 9.53 Å². The molecule has 1 amide bonds. The Morgan fingerprint density at radius 2 is 1.91 bits per heavy atom. The Morgan fingerprint density at radius 3 is 2.65 bits per heavy atom. The zero-order chi connectivity index (χ0) is 16.7. The number of carbonyl (C=O) groups is 1. The van der Waals surface area contributed by atoms with E-state index in [1.54, 1.807) is 0 Å². The van der Waals surface area contributed by atoms with Crippen molar-refractivity contribution in [1.82, 2.24) is 5.32 Å². The molecule has 0 aliphatic rings. The fraction of sp³-hybridized carbons (Fsp3) is 0.350. The summed E-state index contributed by atoms with van der Waals surface area (Å²) < 4.78 is 5.62. The second-order valence-electron chi connectivity index (χ2n) is 5.72. The molecule has 2 rings (SSSR count). The van der Waals surface area contributed by atoms with E-state index < -0.39 is 0 Å². The van der Waals surface area contributed by atoms with Gasteiger partial charge in [0.1, 0.15) is 5.75 Å². The third kappa shape index (κ3) is 4.85. The van der Waals surface area contributed by atoms with Crippen molar-refractivity contribution in [3.05, 3.63) is 64.7 Å². The Labute approximate surface area is 138 Å². The number of nitrogens with one attached hydrogen (secondary N) is 1. The average molecular weight is 311 g/mol. The molecule has 0 fully saturated rings. The first-order valence-electron chi connectivity index (χ1n) is 8.18. The molecular formula is C20H25NO2. The summed E-state index contributed by atoms with van der Waals surface area (Å²) in [6.45, 7) is 7.32. The van der Waals surface area contributed by atoms with Crippen LogP contribution in [0, 0.1) is 13.8 Å². The molecule has 3 nitrogen and oxygen atoms in total. The van der Waals surface area contributed by atoms with Gasteiger partial charge in [-0.25, -0.2) is 0 Å². The van der Waals surface area contributed by atoms with E-state index in [1.165, 1.54) is 11.1 Å². The molecule has 122 valence electrons. The number of hydrogen-bond donors (Lipinski definition) is 1. The van der Waals surface area contributed by atoms with Gasteiger partial charge in [-0.05, 0) is 56.9 Å². The molecule has 2 aromatic rings. The molecule has 0 aliphatic heterocycles. The van der Waals surface area contributed by atoms with Crippen LogP contribution < -0.4 is 10.1 Å². The van der Waals surface area contributed by atoms with Gasteiger partial charge >= 0.3 is 0 Å². The number of amides is 1. The quantitative estimate of drug-likeness (QED) is 0.783. The van der Waals surface area contributed by atoms with Crippen LogP contribution in [0.1, 0.15) is 40.4 Å². The summed E-state index contributed by atoms with van der Waals surface area (Å²) in [5.74, 6) is 0.941. The van der Waals surface area contributed by atoms with Gasteiger partial charge in [-0.15, -0.1) is 0 Å². The molecule has 3 heteroatoms. The Morgan fingerprint density at radius 1 is 1.13 bits per heavy atom. The van der Waals surface area contributed by atoms with Crippen molar-refractivity contribution >= 4 is 5.91 Å². The third-order valence-corrected chi connectivity index (χ3v) is 3.81. The van der Waals surface area contributed by atoms with Crippen LogP contribution in [-0.2, 0) is 6.42 Å². The van der Waals surface area contributed by atoms with Crippen LogP contribution >= 0.6 is 0 Å². The van der Waals surface area contributed by atoms with Gasteiger partial charge in [-0.3, -0.25) is 4.79 Å². The Hall–Kier alpha value is -2.29. The minimum Gasteiger partial charge on any atom is -0.494 e. The molecule has 0 aliphatic carbocycles. The molecule has 1 N–H and O–H groups in total. The highest BCUT2D eigenvalue weighted by Gasteiger charge is 2.08. The van der Waals surface area contributed by atoms with Crippen LogP contribution in [0.15, 0.2) is 42.5 Å². The highest BCUT2D eigenvalue weighted by atomic mass is 16.5. The van der Waals surface area contributed by atoms with Crippen LogP contribution in [0.4, 0.5) is 0 Å². The number of ether oxygens (including phenoxy) is 1. The van der Waals surface area contributed by atoms with Gasteiger partial charge in [-0.1, -0.05) is 35.9 Å². The van der Waals surface area contributed by atoms with Gasteiger partial charge in [0.2, 0.25) is 0 Å². The number of carbonyl (C=O) groups excluding carboxylic acids is 1. The second kappa shape index (κ2) is 8.37. The minimum absolute atomic E-state index is 0.000549. The first-order chi connectivity index (χ1) is 11.1. The van der Waals surface area contributed by atoms with E-state index in [2.05, 4.69) is 11.4 Å². The van der Waals surface area contributed by atoms with Crippen molar-refractivity contribution in [2.75, 3.05) is 13.2 Å². The highest BCUT2D eigenvalue weighted by Crippen LogP contribution is 2.19. The molecule has 0 unspecified atom stereocenters. The van der Waals surface area contributed by atoms with Crippen molar-refractivity contribution in [2.24, 2.45) is 0 Å². The zero-order valence-corrected chi connectivity index (χ0v) is 14.2. The SMILES string of the molecule is CCOc1ccccc1CCCNC(=O)c1ccc(C)cc1C. The summed E-state index contributed by atoms with van der Waals surface area (Å²) in [7, 11) is 0. The maximum absolute atomic E-state index is 12.2. The van der Waals surface area contributed by atoms with Crippen molar-refractivity contribution in [2.45, 2.75) is 33.6 Å². The number of benzene rings is 2. The minimum atomic E-state index is 0.000549. The van der Waals surface area contributed by atoms with E-state index in [-0.39, 0.29) is 5.91 Å². The zero-order valence-electron chi connectivity index (χ0n) is 14.2. The average Bonchev–Trinajstić information content (AvgIpc) is 2.53. The van der Waals surface area contributed by atoms with E-state index in [1.807, 2.05) is 57.2 Å². The molecule has 0 spiro atoms. The lowest BCUT2D eigenvalue weighted by atomic mass is 10.0. The molecule has 0 bridgehead atoms. The highest BCUT2D eigenvalue weighted by molar-refractivity contribution is 5.95. The van der Waals surface area contributed by atoms with E-state index in [0.717, 1.165) is 29.7 Å². The molecule has 0 aromatic heterocycles. The Bertz CT molecular complexity index is 664. The predicted octanol–water partition coefficient (Wildman–Crippen LogP) is 4.06. The van der Waals surface area contributed by atoms with Crippen LogP contribution in [0.2, 0.25) is 0 Å². The van der Waals surface area contributed by atoms with Gasteiger partial charge in [0, 0.05) is 12.1 Å². The molecule has 23 heavy (non-hydrogen) atoms. The van der Waals surface area contributed by atoms with Crippen molar-refractivity contribution in [3.63, 3.8) is 0 Å². The smallest absolute Gasteiger partial charge is 0.251 e. The maximum atomic E-state index is 12.2. The van der Waals surface area contributed by atoms with Crippen LogP contribution in [0.5, 0.6) is 5.75 Å². The van der Waals surface area contributed by atoms with Crippen LogP contribution in [0.3, 0.4) is 0 Å². The predicted molar refractivity (Wildman–Crippen MR) is 94.2 cm³/mol. The third-order valence-electron chi connectivity index (χ3n) is 3.81. The first kappa shape index (κ1) is 17.1. The molecule has 0 heterocycles. The summed E-state index contributed by atoms with van der Waals surface area (Å²) >= 11 is 0. The molecular weight excluding hydrogens is 286 g/mol. The Balaban J connectivity index is 1.84. The first-order valence-corrected chi connectivity index (χ1v) is 8.18. The maximum Gasteiger partial charge on any atom is 0.251 e. The monoisotopic (exact) mass is 311 g/mol. The molecule has 0 saturated heterocycles. The summed E-state index contributed by atoms with van der Waals surface area (Å²) in [4.78, 5) is 12.2. The fourth-order valence-electron chi connectivity index (χ4n) is 2.65. The van der Waals surface area contributed by atoms with Gasteiger partial charge < -0.3 is 10.1 Å². The van der Waals surface area contributed by atoms with E-state index >= 15 is 0 Å². The van der Waals surface area contributed by atoms with Crippen LogP contribution in [0.25, 0.3) is 0 Å². The van der Waals surface area contributed by atoms with E-state index in [9.17, 15) is 4.79 Å². The summed E-state index contributed by atoms with van der Waals surface area (Å²) in [5, 5.41) is 3.00. The molecule has 0 radical (unpaired) electrons. The van der Waals surface area contributed by atoms with Crippen LogP contribution in [-0.4, -0.2) is 19.1 Å². The van der Waals surface area contributed by atoms with Crippen molar-refractivity contribution in [3.8, 4) is 5.75 Å². The lowest BCUT2D eigenvalue weighted by Gasteiger charge is -2.11. The summed E-state index contributed by atoms with van der Waals surface area (Å²) in [6, 6.07) is 14.0. The number of hydrogen-bond acceptors (Lipinski definition) is 2. The molecule has 0 atom stereocenters. The fourth-order valence-corrected chi connectivity index (χ4v) is 2.65. The Kier molecular flexibility index (Phi) is 6.21. The number of para-hydroxylation sites is 1. The summed E-state index contributed by atoms with van der Waals surface area (Å²) in [5.41, 5.74) is 4.14. The van der Waals surface area contributed by atoms with Crippen molar-refractivity contribution in [1.29, 1.82) is 0 Å². The molecule has 0 saturated carbocycles. The lowest BCUT2D eigenvalue weighted by molar-refractivity contribution is 0.0952. The number of aryl methyl sites for hydroxylation is 3. The largest absolute Gasteiger partial charge is 0.494 e. The topological polar surface area (TPSA) is 38.3 Å². The molecule has 2 aromatic carbocycles. The second-order valence-corrected chi connectivity index (χ2v) is 5.72. The van der Waals surface area contributed by atoms with Gasteiger partial charge in [0.25, 0.3) is 5.91 Å². The standard InChI is InChI=1S/C20H25NO2/c1-4-23-19-10-6-5-8-17(19)9-7-13-21-20(22)18-12-11-15(2)14-16(18)3/h5-6,8,10-12,14H,4,7,9,13H2,1-3H3,(H,21,22). The van der Waals surface area contributed by atoms with E-state index in [0.29, 0.717) is 13.2 Å². The number of rotatable bonds is 7. The summed E-state index contributed by atoms with van der Waals surface area (Å²) in [6.07, 6.45) is 1.78. The van der Waals surface area contributed by atoms with E-state index in [4.69, 9.17) is 4.74 Å². The van der Waals surface area contributed by atoms with Gasteiger partial charge in [0.05, 0.1) is 6.61 Å². The lowest BCUT2D eigenvalue weighted by Crippen LogP contribution is -2.25. The van der Waals surface area contributed by atoms with Gasteiger partial charge in [-0.2, -0.15) is 0 Å². The normalized spacial score (nSPS) is 10.4.